The molecule has 1 saturated heterocycles. The molecule has 2 fully saturated rings. The Labute approximate surface area is 101 Å². The maximum Gasteiger partial charge on any atom is 0.0798 e. The van der Waals surface area contributed by atoms with Gasteiger partial charge in [0.15, 0.2) is 0 Å². The van der Waals surface area contributed by atoms with Crippen LogP contribution in [0, 0.1) is 0 Å². The molecular formula is C12H19N3S. The highest BCUT2D eigenvalue weighted by Crippen LogP contribution is 2.42. The van der Waals surface area contributed by atoms with Crippen molar-refractivity contribution in [1.82, 2.24) is 15.2 Å². The maximum atomic E-state index is 4.54. The summed E-state index contributed by atoms with van der Waals surface area (Å²) in [5.41, 5.74) is 3.42. The summed E-state index contributed by atoms with van der Waals surface area (Å²) in [5.74, 6) is 0.793. The van der Waals surface area contributed by atoms with Crippen molar-refractivity contribution in [2.75, 3.05) is 19.6 Å². The Bertz CT molecular complexity index is 359. The Kier molecular flexibility index (Phi) is 2.96. The van der Waals surface area contributed by atoms with Gasteiger partial charge in [0.2, 0.25) is 0 Å². The molecule has 1 aromatic rings. The van der Waals surface area contributed by atoms with Gasteiger partial charge in [0, 0.05) is 43.0 Å². The monoisotopic (exact) mass is 237 g/mol. The summed E-state index contributed by atoms with van der Waals surface area (Å²) in [4.78, 5) is 8.61. The number of aromatic nitrogens is 1. The van der Waals surface area contributed by atoms with E-state index in [-0.39, 0.29) is 0 Å². The zero-order valence-electron chi connectivity index (χ0n) is 9.78. The molecule has 1 aliphatic heterocycles. The molecule has 0 aromatic carbocycles. The van der Waals surface area contributed by atoms with Crippen LogP contribution in [0.15, 0.2) is 5.51 Å². The molecule has 1 aromatic heterocycles. The van der Waals surface area contributed by atoms with Gasteiger partial charge in [-0.25, -0.2) is 4.98 Å². The predicted octanol–water partition coefficient (Wildman–Crippen LogP) is 1.81. The first kappa shape index (κ1) is 10.7. The third-order valence-electron chi connectivity index (χ3n) is 3.46. The van der Waals surface area contributed by atoms with Crippen LogP contribution in [-0.4, -0.2) is 35.6 Å². The Morgan fingerprint density at radius 2 is 2.44 bits per heavy atom. The molecule has 1 atom stereocenters. The molecule has 0 spiro atoms. The van der Waals surface area contributed by atoms with Crippen LogP contribution in [0.3, 0.4) is 0 Å². The molecule has 0 radical (unpaired) electrons. The molecule has 0 bridgehead atoms. The molecule has 3 rings (SSSR count). The van der Waals surface area contributed by atoms with Gasteiger partial charge in [-0.2, -0.15) is 0 Å². The van der Waals surface area contributed by atoms with Crippen LogP contribution in [0.1, 0.15) is 36.3 Å². The average Bonchev–Trinajstić information content (AvgIpc) is 3.00. The molecular weight excluding hydrogens is 218 g/mol. The van der Waals surface area contributed by atoms with E-state index in [1.54, 1.807) is 0 Å². The van der Waals surface area contributed by atoms with Crippen LogP contribution in [0.2, 0.25) is 0 Å². The summed E-state index contributed by atoms with van der Waals surface area (Å²) in [6.07, 6.45) is 2.71. The third kappa shape index (κ3) is 2.29. The van der Waals surface area contributed by atoms with Crippen molar-refractivity contribution in [2.24, 2.45) is 0 Å². The van der Waals surface area contributed by atoms with Crippen LogP contribution >= 0.6 is 11.3 Å². The fourth-order valence-electron chi connectivity index (χ4n) is 2.45. The second kappa shape index (κ2) is 4.43. The van der Waals surface area contributed by atoms with E-state index in [2.05, 4.69) is 22.1 Å². The summed E-state index contributed by atoms with van der Waals surface area (Å²) in [7, 11) is 0. The van der Waals surface area contributed by atoms with Crippen LogP contribution in [-0.2, 0) is 6.54 Å². The largest absolute Gasteiger partial charge is 0.312 e. The van der Waals surface area contributed by atoms with Gasteiger partial charge in [0.1, 0.15) is 0 Å². The molecule has 1 saturated carbocycles. The summed E-state index contributed by atoms with van der Waals surface area (Å²) >= 11 is 1.84. The summed E-state index contributed by atoms with van der Waals surface area (Å²) in [5, 5.41) is 3.49. The van der Waals surface area contributed by atoms with Gasteiger partial charge in [0.25, 0.3) is 0 Å². The van der Waals surface area contributed by atoms with Gasteiger partial charge in [-0.15, -0.1) is 11.3 Å². The molecule has 3 nitrogen and oxygen atoms in total. The van der Waals surface area contributed by atoms with Crippen LogP contribution in [0.5, 0.6) is 0 Å². The standard InChI is InChI=1S/C12H19N3S/c1-9-6-15(5-4-13-9)7-11-12(10-2-3-10)14-8-16-11/h8-10,13H,2-7H2,1H3/t9-/m1/s1. The second-order valence-corrected chi connectivity index (χ2v) is 5.96. The molecule has 2 heterocycles. The fraction of sp³-hybridized carbons (Fsp3) is 0.750. The molecule has 1 N–H and O–H groups in total. The number of rotatable bonds is 3. The predicted molar refractivity (Wildman–Crippen MR) is 66.8 cm³/mol. The second-order valence-electron chi connectivity index (χ2n) is 5.03. The number of hydrogen-bond acceptors (Lipinski definition) is 4. The van der Waals surface area contributed by atoms with Gasteiger partial charge >= 0.3 is 0 Å². The van der Waals surface area contributed by atoms with Crippen LogP contribution < -0.4 is 5.32 Å². The van der Waals surface area contributed by atoms with E-state index in [0.29, 0.717) is 6.04 Å². The lowest BCUT2D eigenvalue weighted by molar-refractivity contribution is 0.200. The van der Waals surface area contributed by atoms with E-state index < -0.39 is 0 Å². The molecule has 16 heavy (non-hydrogen) atoms. The van der Waals surface area contributed by atoms with E-state index in [9.17, 15) is 0 Å². The van der Waals surface area contributed by atoms with Crippen molar-refractivity contribution in [3.05, 3.63) is 16.1 Å². The Balaban J connectivity index is 1.66. The summed E-state index contributed by atoms with van der Waals surface area (Å²) < 4.78 is 0. The lowest BCUT2D eigenvalue weighted by Crippen LogP contribution is -2.48. The summed E-state index contributed by atoms with van der Waals surface area (Å²) in [6, 6.07) is 0.631. The minimum atomic E-state index is 0.631. The van der Waals surface area contributed by atoms with Gasteiger partial charge in [-0.05, 0) is 19.8 Å². The Morgan fingerprint density at radius 1 is 1.56 bits per heavy atom. The topological polar surface area (TPSA) is 28.2 Å². The van der Waals surface area contributed by atoms with Gasteiger partial charge in [-0.1, -0.05) is 0 Å². The van der Waals surface area contributed by atoms with Crippen molar-refractivity contribution in [2.45, 2.75) is 38.3 Å². The summed E-state index contributed by atoms with van der Waals surface area (Å²) in [6.45, 7) is 6.84. The lowest BCUT2D eigenvalue weighted by atomic mass is 10.2. The van der Waals surface area contributed by atoms with Gasteiger partial charge < -0.3 is 5.32 Å². The van der Waals surface area contributed by atoms with E-state index in [1.165, 1.54) is 36.5 Å². The zero-order chi connectivity index (χ0) is 11.0. The number of thiazole rings is 1. The van der Waals surface area contributed by atoms with Crippen molar-refractivity contribution < 1.29 is 0 Å². The molecule has 1 aliphatic carbocycles. The smallest absolute Gasteiger partial charge is 0.0798 e. The fourth-order valence-corrected chi connectivity index (χ4v) is 3.34. The first-order valence-electron chi connectivity index (χ1n) is 6.21. The van der Waals surface area contributed by atoms with Crippen molar-refractivity contribution in [3.63, 3.8) is 0 Å². The third-order valence-corrected chi connectivity index (χ3v) is 4.29. The first-order chi connectivity index (χ1) is 7.83. The van der Waals surface area contributed by atoms with Gasteiger partial charge in [0.05, 0.1) is 11.2 Å². The minimum Gasteiger partial charge on any atom is -0.312 e. The number of piperazine rings is 1. The van der Waals surface area contributed by atoms with Crippen LogP contribution in [0.4, 0.5) is 0 Å². The first-order valence-corrected chi connectivity index (χ1v) is 7.09. The van der Waals surface area contributed by atoms with E-state index in [4.69, 9.17) is 0 Å². The zero-order valence-corrected chi connectivity index (χ0v) is 10.6. The maximum absolute atomic E-state index is 4.54. The van der Waals surface area contributed by atoms with E-state index in [1.807, 2.05) is 16.8 Å². The SMILES string of the molecule is C[C@@H]1CN(Cc2scnc2C2CC2)CCN1. The quantitative estimate of drug-likeness (QED) is 0.869. The number of hydrogen-bond donors (Lipinski definition) is 1. The Morgan fingerprint density at radius 3 is 3.19 bits per heavy atom. The average molecular weight is 237 g/mol. The molecule has 4 heteroatoms. The minimum absolute atomic E-state index is 0.631. The van der Waals surface area contributed by atoms with E-state index >= 15 is 0 Å². The normalized spacial score (nSPS) is 27.2. The highest BCUT2D eigenvalue weighted by atomic mass is 32.1. The molecule has 0 amide bonds. The van der Waals surface area contributed by atoms with Crippen molar-refractivity contribution >= 4 is 11.3 Å². The lowest BCUT2D eigenvalue weighted by Gasteiger charge is -2.31. The van der Waals surface area contributed by atoms with E-state index in [0.717, 1.165) is 19.0 Å². The highest BCUT2D eigenvalue weighted by Gasteiger charge is 2.29. The number of nitrogens with zero attached hydrogens (tertiary/aromatic N) is 2. The van der Waals surface area contributed by atoms with Crippen molar-refractivity contribution in [3.8, 4) is 0 Å². The molecule has 2 aliphatic rings. The number of nitrogens with one attached hydrogen (secondary N) is 1. The molecule has 0 unspecified atom stereocenters. The van der Waals surface area contributed by atoms with Gasteiger partial charge in [-0.3, -0.25) is 4.90 Å². The molecule has 88 valence electrons. The van der Waals surface area contributed by atoms with Crippen molar-refractivity contribution in [1.29, 1.82) is 0 Å². The Hall–Kier alpha value is -0.450. The highest BCUT2D eigenvalue weighted by molar-refractivity contribution is 7.09. The van der Waals surface area contributed by atoms with Crippen LogP contribution in [0.25, 0.3) is 0 Å².